The van der Waals surface area contributed by atoms with Crippen LogP contribution in [0.15, 0.2) is 51.1 Å². The van der Waals surface area contributed by atoms with Crippen LogP contribution < -0.4 is 0 Å². The molecule has 0 unspecified atom stereocenters. The smallest absolute Gasteiger partial charge is 0.264 e. The lowest BCUT2D eigenvalue weighted by Crippen LogP contribution is -2.33. The van der Waals surface area contributed by atoms with E-state index in [1.807, 2.05) is 30.1 Å². The van der Waals surface area contributed by atoms with E-state index in [1.54, 1.807) is 0 Å². The molecule has 4 nitrogen and oxygen atoms in total. The van der Waals surface area contributed by atoms with Gasteiger partial charge in [0.05, 0.1) is 10.6 Å². The van der Waals surface area contributed by atoms with Gasteiger partial charge in [0.2, 0.25) is 0 Å². The molecule has 1 aromatic rings. The van der Waals surface area contributed by atoms with Crippen molar-refractivity contribution < 1.29 is 13.5 Å². The van der Waals surface area contributed by atoms with E-state index in [0.29, 0.717) is 6.54 Å². The van der Waals surface area contributed by atoms with Crippen LogP contribution in [0.5, 0.6) is 5.75 Å². The summed E-state index contributed by atoms with van der Waals surface area (Å²) in [5, 5.41) is 9.32. The number of hydrogen-bond donors (Lipinski definition) is 1. The highest BCUT2D eigenvalue weighted by molar-refractivity contribution is 14.2. The molecular formula is C15H18INO3S. The van der Waals surface area contributed by atoms with Crippen LogP contribution in [-0.2, 0) is 10.0 Å². The van der Waals surface area contributed by atoms with Crippen LogP contribution in [0.1, 0.15) is 13.8 Å². The number of rotatable bonds is 5. The van der Waals surface area contributed by atoms with Crippen LogP contribution in [0.3, 0.4) is 0 Å². The molecule has 2 rings (SSSR count). The topological polar surface area (TPSA) is 57.6 Å². The summed E-state index contributed by atoms with van der Waals surface area (Å²) < 4.78 is 31.3. The number of aromatic hydroxyl groups is 1. The molecule has 1 heterocycles. The molecule has 0 saturated heterocycles. The maximum Gasteiger partial charge on any atom is 0.264 e. The third-order valence-electron chi connectivity index (χ3n) is 2.83. The minimum Gasteiger partial charge on any atom is -0.508 e. The molecule has 1 aliphatic rings. The summed E-state index contributed by atoms with van der Waals surface area (Å²) >= 11 is -0.229. The van der Waals surface area contributed by atoms with Crippen LogP contribution in [0, 0.1) is 5.92 Å². The van der Waals surface area contributed by atoms with Crippen molar-refractivity contribution in [2.24, 2.45) is 5.92 Å². The number of halogens is 1. The zero-order valence-electron chi connectivity index (χ0n) is 11.9. The van der Waals surface area contributed by atoms with Crippen molar-refractivity contribution in [3.8, 4) is 5.75 Å². The largest absolute Gasteiger partial charge is 0.508 e. The first kappa shape index (κ1) is 16.2. The number of allylic oxidation sites excluding steroid dienone is 2. The second kappa shape index (κ2) is 6.74. The fourth-order valence-electron chi connectivity index (χ4n) is 1.87. The zero-order valence-corrected chi connectivity index (χ0v) is 14.9. The Morgan fingerprint density at radius 1 is 1.24 bits per heavy atom. The number of phenols is 1. The maximum absolute atomic E-state index is 12.8. The Balaban J connectivity index is 2.44. The molecule has 0 bridgehead atoms. The molecule has 0 aromatic heterocycles. The molecule has 21 heavy (non-hydrogen) atoms. The monoisotopic (exact) mass is 419 g/mol. The summed E-state index contributed by atoms with van der Waals surface area (Å²) in [7, 11) is -3.61. The molecule has 0 radical (unpaired) electrons. The van der Waals surface area contributed by atoms with Gasteiger partial charge in [0.25, 0.3) is 10.0 Å². The Bertz CT molecular complexity index is 688. The Morgan fingerprint density at radius 3 is 2.43 bits per heavy atom. The predicted molar refractivity (Wildman–Crippen MR) is 94.1 cm³/mol. The molecule has 1 N–H and O–H groups in total. The van der Waals surface area contributed by atoms with Gasteiger partial charge in [-0.15, -0.1) is 0 Å². The van der Waals surface area contributed by atoms with Gasteiger partial charge in [0.15, 0.2) is 0 Å². The second-order valence-corrected chi connectivity index (χ2v) is 8.99. The Labute approximate surface area is 135 Å². The van der Waals surface area contributed by atoms with E-state index in [9.17, 15) is 13.5 Å². The number of sulfonamides is 1. The average Bonchev–Trinajstić information content (AvgIpc) is 2.46. The highest BCUT2D eigenvalue weighted by atomic mass is 127. The van der Waals surface area contributed by atoms with E-state index in [-0.39, 0.29) is 37.3 Å². The third kappa shape index (κ3) is 3.94. The fourth-order valence-corrected chi connectivity index (χ4v) is 5.25. The van der Waals surface area contributed by atoms with E-state index in [1.165, 1.54) is 28.6 Å². The van der Waals surface area contributed by atoms with E-state index < -0.39 is 10.0 Å². The lowest BCUT2D eigenvalue weighted by atomic mass is 10.2. The second-order valence-electron chi connectivity index (χ2n) is 5.07. The molecule has 1 aliphatic heterocycles. The van der Waals surface area contributed by atoms with Gasteiger partial charge in [-0.2, -0.15) is 0 Å². The predicted octanol–water partition coefficient (Wildman–Crippen LogP) is 3.22. The van der Waals surface area contributed by atoms with Gasteiger partial charge >= 0.3 is 0 Å². The first-order valence-electron chi connectivity index (χ1n) is 6.55. The minimum absolute atomic E-state index is 0.0570. The van der Waals surface area contributed by atoms with Gasteiger partial charge in [-0.3, -0.25) is 4.31 Å². The van der Waals surface area contributed by atoms with Gasteiger partial charge in [-0.1, -0.05) is 40.7 Å². The van der Waals surface area contributed by atoms with E-state index in [0.717, 1.165) is 5.70 Å². The van der Waals surface area contributed by atoms with Crippen LogP contribution in [-0.4, -0.2) is 28.4 Å². The van der Waals surface area contributed by atoms with Crippen molar-refractivity contribution in [3.63, 3.8) is 0 Å². The van der Waals surface area contributed by atoms with E-state index in [4.69, 9.17) is 0 Å². The first-order chi connectivity index (χ1) is 9.91. The summed E-state index contributed by atoms with van der Waals surface area (Å²) in [5.74, 6) is 0.275. The van der Waals surface area contributed by atoms with Crippen LogP contribution in [0.25, 0.3) is 0 Å². The quantitative estimate of drug-likeness (QED) is 0.746. The van der Waals surface area contributed by atoms with Crippen LogP contribution in [0.4, 0.5) is 0 Å². The maximum atomic E-state index is 12.8. The molecule has 0 saturated carbocycles. The molecule has 6 heteroatoms. The Hall–Kier alpha value is -1.15. The van der Waals surface area contributed by atoms with Crippen molar-refractivity contribution in [3.05, 3.63) is 46.2 Å². The number of hydrogen-bond acceptors (Lipinski definition) is 3. The fraction of sp³-hybridized carbons (Fsp3) is 0.267. The molecule has 0 aliphatic carbocycles. The van der Waals surface area contributed by atoms with Gasteiger partial charge < -0.3 is 5.11 Å². The van der Waals surface area contributed by atoms with Crippen LogP contribution in [0.2, 0.25) is 0 Å². The molecule has 0 fully saturated rings. The lowest BCUT2D eigenvalue weighted by molar-refractivity contribution is 0.430. The number of phenolic OH excluding ortho intramolecular Hbond substituents is 1. The summed E-state index contributed by atoms with van der Waals surface area (Å²) in [4.78, 5) is 0.197. The van der Waals surface area contributed by atoms with Gasteiger partial charge in [0, 0.05) is 6.54 Å². The van der Waals surface area contributed by atoms with Gasteiger partial charge in [-0.05, 0) is 44.4 Å². The number of nitrogens with zero attached hydrogens (tertiary/aromatic N) is 1. The lowest BCUT2D eigenvalue weighted by Gasteiger charge is -2.27. The standard InChI is InChI=1S/C15H18INO3S/c1-12(2)11-17(13-4-3-9-16-10-13)21(19,20)15-7-5-14(18)6-8-15/h3-10,12,18H,11H2,1-2H3. The van der Waals surface area contributed by atoms with Gasteiger partial charge in [0.1, 0.15) is 5.75 Å². The highest BCUT2D eigenvalue weighted by Crippen LogP contribution is 2.26. The summed E-state index contributed by atoms with van der Waals surface area (Å²) in [6.45, 7) is 4.42. The highest BCUT2D eigenvalue weighted by Gasteiger charge is 2.26. The van der Waals surface area contributed by atoms with Crippen molar-refractivity contribution in [1.82, 2.24) is 4.31 Å². The van der Waals surface area contributed by atoms with E-state index in [2.05, 4.69) is 4.01 Å². The summed E-state index contributed by atoms with van der Waals surface area (Å²) in [6.07, 6.45) is 3.76. The van der Waals surface area contributed by atoms with Crippen LogP contribution >= 0.6 is 20.7 Å². The SMILES string of the molecule is CC(C)CN(C1=CI=CC=C1)S(=O)(=O)c1ccc(O)cc1. The molecule has 0 spiro atoms. The number of benzene rings is 1. The van der Waals surface area contributed by atoms with Crippen molar-refractivity contribution in [2.45, 2.75) is 18.7 Å². The zero-order chi connectivity index (χ0) is 15.5. The van der Waals surface area contributed by atoms with Crippen molar-refractivity contribution in [1.29, 1.82) is 0 Å². The van der Waals surface area contributed by atoms with Crippen molar-refractivity contribution >= 4 is 34.8 Å². The summed E-state index contributed by atoms with van der Waals surface area (Å²) in [6, 6.07) is 5.66. The van der Waals surface area contributed by atoms with Crippen molar-refractivity contribution in [2.75, 3.05) is 6.54 Å². The average molecular weight is 419 g/mol. The summed E-state index contributed by atoms with van der Waals surface area (Å²) in [5.41, 5.74) is 0.743. The Morgan fingerprint density at radius 2 is 1.90 bits per heavy atom. The first-order valence-corrected chi connectivity index (χ1v) is 10.5. The molecule has 0 atom stereocenters. The molecule has 1 aromatic carbocycles. The van der Waals surface area contributed by atoms with Gasteiger partial charge in [-0.25, -0.2) is 8.42 Å². The Kier molecular flexibility index (Phi) is 5.21. The molecule has 114 valence electrons. The normalized spacial score (nSPS) is 14.7. The minimum atomic E-state index is -3.61. The van der Waals surface area contributed by atoms with E-state index >= 15 is 0 Å². The molecular weight excluding hydrogens is 401 g/mol. The molecule has 0 amide bonds. The third-order valence-corrected chi connectivity index (χ3v) is 6.47.